The SMILES string of the molecule is COc1ccc(CN2CCC(N3CC(C)OC(C)C3)CC2)cc1. The summed E-state index contributed by atoms with van der Waals surface area (Å²) in [7, 11) is 1.72. The summed E-state index contributed by atoms with van der Waals surface area (Å²) in [5.74, 6) is 0.933. The van der Waals surface area contributed by atoms with Crippen LogP contribution >= 0.6 is 0 Å². The molecule has 2 fully saturated rings. The van der Waals surface area contributed by atoms with E-state index in [4.69, 9.17) is 9.47 Å². The van der Waals surface area contributed by atoms with E-state index >= 15 is 0 Å². The van der Waals surface area contributed by atoms with Gasteiger partial charge in [-0.25, -0.2) is 0 Å². The van der Waals surface area contributed by atoms with E-state index in [1.54, 1.807) is 7.11 Å². The van der Waals surface area contributed by atoms with Crippen LogP contribution in [0.15, 0.2) is 24.3 Å². The highest BCUT2D eigenvalue weighted by molar-refractivity contribution is 5.27. The maximum atomic E-state index is 5.86. The van der Waals surface area contributed by atoms with Crippen LogP contribution < -0.4 is 4.74 Å². The molecule has 0 amide bonds. The molecule has 4 heteroatoms. The Labute approximate surface area is 140 Å². The van der Waals surface area contributed by atoms with Gasteiger partial charge in [0.25, 0.3) is 0 Å². The van der Waals surface area contributed by atoms with Crippen LogP contribution in [-0.4, -0.2) is 61.3 Å². The van der Waals surface area contributed by atoms with Crippen molar-refractivity contribution in [2.24, 2.45) is 0 Å². The molecule has 2 atom stereocenters. The van der Waals surface area contributed by atoms with Gasteiger partial charge in [0, 0.05) is 25.7 Å². The van der Waals surface area contributed by atoms with Crippen molar-refractivity contribution in [1.82, 2.24) is 9.80 Å². The molecule has 2 saturated heterocycles. The summed E-state index contributed by atoms with van der Waals surface area (Å²) in [5, 5.41) is 0. The molecule has 0 radical (unpaired) electrons. The van der Waals surface area contributed by atoms with Crippen LogP contribution in [0, 0.1) is 0 Å². The lowest BCUT2D eigenvalue weighted by molar-refractivity contribution is -0.0865. The predicted octanol–water partition coefficient (Wildman–Crippen LogP) is 2.77. The van der Waals surface area contributed by atoms with E-state index < -0.39 is 0 Å². The smallest absolute Gasteiger partial charge is 0.118 e. The number of hydrogen-bond acceptors (Lipinski definition) is 4. The first kappa shape index (κ1) is 16.7. The maximum Gasteiger partial charge on any atom is 0.118 e. The van der Waals surface area contributed by atoms with Gasteiger partial charge in [-0.05, 0) is 57.5 Å². The monoisotopic (exact) mass is 318 g/mol. The van der Waals surface area contributed by atoms with Crippen molar-refractivity contribution in [3.8, 4) is 5.75 Å². The van der Waals surface area contributed by atoms with Crippen LogP contribution in [0.3, 0.4) is 0 Å². The second kappa shape index (κ2) is 7.65. The molecule has 0 aliphatic carbocycles. The van der Waals surface area contributed by atoms with E-state index in [2.05, 4.69) is 47.9 Å². The summed E-state index contributed by atoms with van der Waals surface area (Å²) in [5.41, 5.74) is 1.37. The fraction of sp³-hybridized carbons (Fsp3) is 0.684. The first-order valence-corrected chi connectivity index (χ1v) is 8.89. The van der Waals surface area contributed by atoms with E-state index in [-0.39, 0.29) is 0 Å². The number of piperidine rings is 1. The molecular formula is C19H30N2O2. The van der Waals surface area contributed by atoms with Crippen molar-refractivity contribution in [1.29, 1.82) is 0 Å². The van der Waals surface area contributed by atoms with Crippen molar-refractivity contribution in [3.05, 3.63) is 29.8 Å². The minimum Gasteiger partial charge on any atom is -0.497 e. The van der Waals surface area contributed by atoms with Crippen molar-refractivity contribution < 1.29 is 9.47 Å². The first-order chi connectivity index (χ1) is 11.1. The Bertz CT molecular complexity index is 473. The molecule has 2 aliphatic rings. The molecule has 0 bridgehead atoms. The molecule has 128 valence electrons. The Kier molecular flexibility index (Phi) is 5.57. The molecular weight excluding hydrogens is 288 g/mol. The number of methoxy groups -OCH3 is 1. The molecule has 2 unspecified atom stereocenters. The largest absolute Gasteiger partial charge is 0.497 e. The third kappa shape index (κ3) is 4.46. The van der Waals surface area contributed by atoms with Gasteiger partial charge in [0.05, 0.1) is 19.3 Å². The fourth-order valence-electron chi connectivity index (χ4n) is 3.95. The van der Waals surface area contributed by atoms with E-state index in [1.807, 2.05) is 0 Å². The summed E-state index contributed by atoms with van der Waals surface area (Å²) in [4.78, 5) is 5.23. The quantitative estimate of drug-likeness (QED) is 0.852. The second-order valence-corrected chi connectivity index (χ2v) is 7.07. The van der Waals surface area contributed by atoms with Crippen LogP contribution in [0.1, 0.15) is 32.3 Å². The zero-order chi connectivity index (χ0) is 16.2. The number of likely N-dealkylation sites (tertiary alicyclic amines) is 1. The molecule has 3 rings (SSSR count). The minimum absolute atomic E-state index is 0.371. The van der Waals surface area contributed by atoms with Crippen LogP contribution in [0.2, 0.25) is 0 Å². The molecule has 0 spiro atoms. The van der Waals surface area contributed by atoms with Crippen molar-refractivity contribution >= 4 is 0 Å². The van der Waals surface area contributed by atoms with Gasteiger partial charge in [-0.1, -0.05) is 12.1 Å². The summed E-state index contributed by atoms with van der Waals surface area (Å²) in [6, 6.07) is 9.19. The fourth-order valence-corrected chi connectivity index (χ4v) is 3.95. The highest BCUT2D eigenvalue weighted by Gasteiger charge is 2.30. The number of rotatable bonds is 4. The van der Waals surface area contributed by atoms with Gasteiger partial charge < -0.3 is 9.47 Å². The van der Waals surface area contributed by atoms with Crippen molar-refractivity contribution in [3.63, 3.8) is 0 Å². The van der Waals surface area contributed by atoms with Crippen LogP contribution in [-0.2, 0) is 11.3 Å². The number of ether oxygens (including phenoxy) is 2. The molecule has 1 aromatic carbocycles. The Hall–Kier alpha value is -1.10. The lowest BCUT2D eigenvalue weighted by atomic mass is 10.0. The van der Waals surface area contributed by atoms with Gasteiger partial charge in [0.2, 0.25) is 0 Å². The minimum atomic E-state index is 0.371. The van der Waals surface area contributed by atoms with E-state index in [0.29, 0.717) is 12.2 Å². The molecule has 2 heterocycles. The van der Waals surface area contributed by atoms with Crippen molar-refractivity contribution in [2.45, 2.75) is 51.5 Å². The van der Waals surface area contributed by atoms with Gasteiger partial charge in [0.15, 0.2) is 0 Å². The molecule has 2 aliphatic heterocycles. The van der Waals surface area contributed by atoms with Gasteiger partial charge in [-0.15, -0.1) is 0 Å². The third-order valence-electron chi connectivity index (χ3n) is 5.09. The van der Waals surface area contributed by atoms with Crippen LogP contribution in [0.25, 0.3) is 0 Å². The highest BCUT2D eigenvalue weighted by Crippen LogP contribution is 2.22. The highest BCUT2D eigenvalue weighted by atomic mass is 16.5. The van der Waals surface area contributed by atoms with E-state index in [0.717, 1.165) is 31.4 Å². The number of benzene rings is 1. The molecule has 0 saturated carbocycles. The van der Waals surface area contributed by atoms with Gasteiger partial charge in [-0.2, -0.15) is 0 Å². The molecule has 1 aromatic rings. The summed E-state index contributed by atoms with van der Waals surface area (Å²) < 4.78 is 11.1. The molecule has 23 heavy (non-hydrogen) atoms. The summed E-state index contributed by atoms with van der Waals surface area (Å²) in [6.45, 7) is 10.0. The lowest BCUT2D eigenvalue weighted by Crippen LogP contribution is -2.53. The average Bonchev–Trinajstić information content (AvgIpc) is 2.55. The molecule has 0 aromatic heterocycles. The van der Waals surface area contributed by atoms with Gasteiger partial charge >= 0.3 is 0 Å². The Morgan fingerprint density at radius 3 is 2.22 bits per heavy atom. The zero-order valence-electron chi connectivity index (χ0n) is 14.7. The summed E-state index contributed by atoms with van der Waals surface area (Å²) >= 11 is 0. The summed E-state index contributed by atoms with van der Waals surface area (Å²) in [6.07, 6.45) is 3.29. The number of hydrogen-bond donors (Lipinski definition) is 0. The molecule has 4 nitrogen and oxygen atoms in total. The average molecular weight is 318 g/mol. The predicted molar refractivity (Wildman–Crippen MR) is 92.9 cm³/mol. The van der Waals surface area contributed by atoms with Crippen LogP contribution in [0.4, 0.5) is 0 Å². The van der Waals surface area contributed by atoms with Gasteiger partial charge in [-0.3, -0.25) is 9.80 Å². The van der Waals surface area contributed by atoms with E-state index in [9.17, 15) is 0 Å². The standard InChI is InChI=1S/C19H30N2O2/c1-15-12-21(13-16(2)23-15)18-8-10-20(11-9-18)14-17-4-6-19(22-3)7-5-17/h4-7,15-16,18H,8-14H2,1-3H3. The topological polar surface area (TPSA) is 24.9 Å². The lowest BCUT2D eigenvalue weighted by Gasteiger charge is -2.43. The number of nitrogens with zero attached hydrogens (tertiary/aromatic N) is 2. The van der Waals surface area contributed by atoms with Crippen LogP contribution in [0.5, 0.6) is 5.75 Å². The maximum absolute atomic E-state index is 5.86. The van der Waals surface area contributed by atoms with Crippen molar-refractivity contribution in [2.75, 3.05) is 33.3 Å². The second-order valence-electron chi connectivity index (χ2n) is 7.07. The first-order valence-electron chi connectivity index (χ1n) is 8.89. The Morgan fingerprint density at radius 2 is 1.65 bits per heavy atom. The van der Waals surface area contributed by atoms with E-state index in [1.165, 1.54) is 31.5 Å². The zero-order valence-corrected chi connectivity index (χ0v) is 14.7. The Balaban J connectivity index is 1.48. The molecule has 0 N–H and O–H groups in total. The number of morpholine rings is 1. The third-order valence-corrected chi connectivity index (χ3v) is 5.09. The Morgan fingerprint density at radius 1 is 1.04 bits per heavy atom. The normalized spacial score (nSPS) is 28.0. The van der Waals surface area contributed by atoms with Gasteiger partial charge in [0.1, 0.15) is 5.75 Å².